The average Bonchev–Trinajstić information content (AvgIpc) is 2.60. The molecule has 0 saturated heterocycles. The van der Waals surface area contributed by atoms with Crippen LogP contribution in [0.5, 0.6) is 0 Å². The highest BCUT2D eigenvalue weighted by molar-refractivity contribution is 6.03. The Morgan fingerprint density at radius 3 is 2.65 bits per heavy atom. The summed E-state index contributed by atoms with van der Waals surface area (Å²) >= 11 is 0. The Labute approximate surface area is 153 Å². The highest BCUT2D eigenvalue weighted by atomic mass is 16.1. The second kappa shape index (κ2) is 6.22. The molecule has 2 saturated carbocycles. The normalized spacial score (nSPS) is 25.8. The number of fused-ring (bicyclic) bond motifs is 1. The maximum atomic E-state index is 12.7. The van der Waals surface area contributed by atoms with Crippen molar-refractivity contribution in [1.29, 1.82) is 0 Å². The lowest BCUT2D eigenvalue weighted by Gasteiger charge is -2.56. The number of nitrogens with one attached hydrogen (secondary N) is 1. The molecule has 5 heteroatoms. The quantitative estimate of drug-likeness (QED) is 0.881. The zero-order chi connectivity index (χ0) is 18.5. The van der Waals surface area contributed by atoms with Crippen molar-refractivity contribution in [2.45, 2.75) is 58.3 Å². The molecule has 2 aromatic rings. The van der Waals surface area contributed by atoms with E-state index in [-0.39, 0.29) is 11.1 Å². The second-order valence-electron chi connectivity index (χ2n) is 8.76. The molecule has 5 nitrogen and oxygen atoms in total. The highest BCUT2D eigenvalue weighted by Gasteiger charge is 2.51. The van der Waals surface area contributed by atoms with Crippen LogP contribution in [-0.2, 0) is 0 Å². The van der Waals surface area contributed by atoms with Crippen LogP contribution in [0.15, 0.2) is 23.1 Å². The predicted molar refractivity (Wildman–Crippen MR) is 102 cm³/mol. The molecule has 138 valence electrons. The molecular formula is C21H27N3O2. The number of aromatic amines is 1. The van der Waals surface area contributed by atoms with Crippen molar-refractivity contribution in [1.82, 2.24) is 9.97 Å². The molecule has 26 heavy (non-hydrogen) atoms. The van der Waals surface area contributed by atoms with Crippen LogP contribution < -0.4 is 11.2 Å². The molecule has 2 atom stereocenters. The molecule has 2 aromatic heterocycles. The van der Waals surface area contributed by atoms with Crippen molar-refractivity contribution in [2.24, 2.45) is 23.0 Å². The second-order valence-corrected chi connectivity index (χ2v) is 8.76. The summed E-state index contributed by atoms with van der Waals surface area (Å²) in [7, 11) is 0. The number of primary amides is 1. The van der Waals surface area contributed by atoms with Crippen molar-refractivity contribution >= 4 is 16.8 Å². The van der Waals surface area contributed by atoms with Crippen LogP contribution in [0.3, 0.4) is 0 Å². The first kappa shape index (κ1) is 17.3. The van der Waals surface area contributed by atoms with E-state index >= 15 is 0 Å². The summed E-state index contributed by atoms with van der Waals surface area (Å²) < 4.78 is 0. The minimum absolute atomic E-state index is 0.0491. The number of hydrogen-bond donors (Lipinski definition) is 2. The van der Waals surface area contributed by atoms with Crippen LogP contribution in [0.1, 0.15) is 74.5 Å². The van der Waals surface area contributed by atoms with E-state index in [1.54, 1.807) is 12.1 Å². The van der Waals surface area contributed by atoms with E-state index in [4.69, 9.17) is 5.73 Å². The molecule has 0 aliphatic heterocycles. The third kappa shape index (κ3) is 2.74. The number of pyridine rings is 2. The van der Waals surface area contributed by atoms with Crippen molar-refractivity contribution < 1.29 is 4.79 Å². The van der Waals surface area contributed by atoms with Gasteiger partial charge in [0.25, 0.3) is 5.91 Å². The lowest BCUT2D eigenvalue weighted by molar-refractivity contribution is -0.0248. The van der Waals surface area contributed by atoms with Crippen LogP contribution >= 0.6 is 0 Å². The van der Waals surface area contributed by atoms with E-state index in [1.807, 2.05) is 0 Å². The van der Waals surface area contributed by atoms with Gasteiger partial charge in [0, 0.05) is 23.9 Å². The fourth-order valence-corrected chi connectivity index (χ4v) is 5.58. The Balaban J connectivity index is 1.75. The van der Waals surface area contributed by atoms with Gasteiger partial charge in [0.05, 0.1) is 10.9 Å². The molecule has 1 amide bonds. The average molecular weight is 353 g/mol. The lowest BCUT2D eigenvalue weighted by Crippen LogP contribution is -2.47. The number of rotatable bonds is 3. The minimum atomic E-state index is -0.668. The number of H-pyrrole nitrogens is 1. The van der Waals surface area contributed by atoms with Gasteiger partial charge in [-0.3, -0.25) is 14.6 Å². The van der Waals surface area contributed by atoms with Gasteiger partial charge >= 0.3 is 0 Å². The number of aromatic nitrogens is 2. The van der Waals surface area contributed by atoms with E-state index < -0.39 is 5.91 Å². The number of carbonyl (C=O) groups is 1. The zero-order valence-corrected chi connectivity index (χ0v) is 15.5. The zero-order valence-electron chi connectivity index (χ0n) is 15.5. The fraction of sp³-hybridized carbons (Fsp3) is 0.571. The maximum Gasteiger partial charge on any atom is 0.268 e. The van der Waals surface area contributed by atoms with Crippen LogP contribution in [-0.4, -0.2) is 15.9 Å². The fourth-order valence-electron chi connectivity index (χ4n) is 5.58. The molecule has 2 aliphatic rings. The summed E-state index contributed by atoms with van der Waals surface area (Å²) in [4.78, 5) is 31.8. The summed E-state index contributed by atoms with van der Waals surface area (Å²) in [5.41, 5.74) is 7.24. The Hall–Kier alpha value is -2.17. The Morgan fingerprint density at radius 1 is 1.27 bits per heavy atom. The molecule has 4 rings (SSSR count). The number of amides is 1. The van der Waals surface area contributed by atoms with Gasteiger partial charge in [0.1, 0.15) is 5.69 Å². The van der Waals surface area contributed by atoms with Crippen molar-refractivity contribution in [2.75, 3.05) is 0 Å². The van der Waals surface area contributed by atoms with Gasteiger partial charge in [0.15, 0.2) is 5.43 Å². The van der Waals surface area contributed by atoms with Crippen LogP contribution in [0, 0.1) is 17.3 Å². The van der Waals surface area contributed by atoms with Gasteiger partial charge < -0.3 is 10.7 Å². The van der Waals surface area contributed by atoms with Crippen molar-refractivity contribution in [3.8, 4) is 0 Å². The lowest BCUT2D eigenvalue weighted by atomic mass is 9.49. The third-order valence-electron chi connectivity index (χ3n) is 6.64. The van der Waals surface area contributed by atoms with Gasteiger partial charge in [-0.25, -0.2) is 0 Å². The smallest absolute Gasteiger partial charge is 0.268 e. The van der Waals surface area contributed by atoms with Gasteiger partial charge in [-0.15, -0.1) is 0 Å². The first-order chi connectivity index (χ1) is 12.4. The number of hydrogen-bond acceptors (Lipinski definition) is 3. The van der Waals surface area contributed by atoms with E-state index in [1.165, 1.54) is 38.3 Å². The molecule has 0 spiro atoms. The number of carbonyl (C=O) groups excluding carboxylic acids is 1. The Kier molecular flexibility index (Phi) is 4.13. The van der Waals surface area contributed by atoms with E-state index in [0.717, 1.165) is 18.0 Å². The molecule has 3 N–H and O–H groups in total. The monoisotopic (exact) mass is 353 g/mol. The summed E-state index contributed by atoms with van der Waals surface area (Å²) in [6, 6.07) is 3.43. The largest absolute Gasteiger partial charge is 0.364 e. The summed E-state index contributed by atoms with van der Waals surface area (Å²) in [5, 5.41) is 0.302. The maximum absolute atomic E-state index is 12.7. The predicted octanol–water partition coefficient (Wildman–Crippen LogP) is 3.73. The van der Waals surface area contributed by atoms with Crippen LogP contribution in [0.25, 0.3) is 10.9 Å². The third-order valence-corrected chi connectivity index (χ3v) is 6.64. The first-order valence-corrected chi connectivity index (χ1v) is 9.70. The van der Waals surface area contributed by atoms with E-state index in [0.29, 0.717) is 28.2 Å². The molecule has 0 radical (unpaired) electrons. The van der Waals surface area contributed by atoms with Crippen molar-refractivity contribution in [3.05, 3.63) is 39.9 Å². The van der Waals surface area contributed by atoms with Gasteiger partial charge in [-0.2, -0.15) is 0 Å². The molecule has 2 aliphatic carbocycles. The molecular weight excluding hydrogens is 326 g/mol. The van der Waals surface area contributed by atoms with Gasteiger partial charge in [-0.1, -0.05) is 46.0 Å². The van der Waals surface area contributed by atoms with E-state index in [2.05, 4.69) is 23.8 Å². The van der Waals surface area contributed by atoms with Gasteiger partial charge in [-0.05, 0) is 29.7 Å². The molecule has 0 unspecified atom stereocenters. The molecule has 2 fully saturated rings. The SMILES string of the molecule is CC1(C)C[C@@H](c2cc(=O)c3c(C(N)=O)nccc3[nH]2)[C@@H]1C1CCCCC1. The summed E-state index contributed by atoms with van der Waals surface area (Å²) in [6.07, 6.45) is 9.23. The summed E-state index contributed by atoms with van der Waals surface area (Å²) in [6.45, 7) is 4.72. The molecule has 2 heterocycles. The highest BCUT2D eigenvalue weighted by Crippen LogP contribution is 2.60. The molecule has 0 bridgehead atoms. The van der Waals surface area contributed by atoms with Gasteiger partial charge in [0.2, 0.25) is 0 Å². The Morgan fingerprint density at radius 2 is 2.00 bits per heavy atom. The topological polar surface area (TPSA) is 88.8 Å². The van der Waals surface area contributed by atoms with Crippen molar-refractivity contribution in [3.63, 3.8) is 0 Å². The summed E-state index contributed by atoms with van der Waals surface area (Å²) in [5.74, 6) is 1.07. The minimum Gasteiger partial charge on any atom is -0.364 e. The van der Waals surface area contributed by atoms with Crippen LogP contribution in [0.4, 0.5) is 0 Å². The van der Waals surface area contributed by atoms with E-state index in [9.17, 15) is 9.59 Å². The molecule has 0 aromatic carbocycles. The van der Waals surface area contributed by atoms with Crippen LogP contribution in [0.2, 0.25) is 0 Å². The first-order valence-electron chi connectivity index (χ1n) is 9.70. The Bertz CT molecular complexity index is 909. The standard InChI is InChI=1S/C21H27N3O2/c1-21(2)11-13(18(21)12-6-4-3-5-7-12)15-10-16(25)17-14(24-15)8-9-23-19(17)20(22)26/h8-10,12-13,18H,3-7,11H2,1-2H3,(H2,22,26)(H,24,25)/t13-,18-/m0/s1. The number of nitrogens with two attached hydrogens (primary N) is 1. The number of nitrogens with zero attached hydrogens (tertiary/aromatic N) is 1.